The first-order valence-corrected chi connectivity index (χ1v) is 10.7. The number of carboxylic acid groups (broad SMARTS) is 1. The van der Waals surface area contributed by atoms with Gasteiger partial charge in [0.25, 0.3) is 0 Å². The van der Waals surface area contributed by atoms with Gasteiger partial charge in [-0.25, -0.2) is 4.79 Å². The summed E-state index contributed by atoms with van der Waals surface area (Å²) in [5, 5.41) is 20.2. The van der Waals surface area contributed by atoms with Crippen LogP contribution in [0.15, 0.2) is 49.1 Å². The lowest BCUT2D eigenvalue weighted by atomic mass is 9.97. The van der Waals surface area contributed by atoms with E-state index in [1.165, 1.54) is 18.2 Å². The number of phenolic OH excluding ortho intramolecular Hbond substituents is 1. The van der Waals surface area contributed by atoms with E-state index >= 15 is 0 Å². The summed E-state index contributed by atoms with van der Waals surface area (Å²) in [7, 11) is 0. The van der Waals surface area contributed by atoms with Crippen LogP contribution in [0.3, 0.4) is 0 Å². The van der Waals surface area contributed by atoms with Gasteiger partial charge < -0.3 is 19.8 Å². The largest absolute Gasteiger partial charge is 0.507 e. The normalized spacial score (nSPS) is 10.5. The second-order valence-corrected chi connectivity index (χ2v) is 7.34. The molecule has 0 radical (unpaired) electrons. The summed E-state index contributed by atoms with van der Waals surface area (Å²) in [5.74, 6) is -1.63. The monoisotopic (exact) mass is 425 g/mol. The Balaban J connectivity index is 2.35. The molecule has 0 heterocycles. The van der Waals surface area contributed by atoms with Crippen LogP contribution in [0.25, 0.3) is 0 Å². The topological polar surface area (TPSA) is 87.1 Å². The van der Waals surface area contributed by atoms with Gasteiger partial charge in [0.15, 0.2) is 5.78 Å². The van der Waals surface area contributed by atoms with Crippen LogP contribution in [0.2, 0.25) is 0 Å². The van der Waals surface area contributed by atoms with Crippen molar-refractivity contribution in [3.63, 3.8) is 0 Å². The molecule has 0 saturated carbocycles. The lowest BCUT2D eigenvalue weighted by Gasteiger charge is -2.25. The zero-order valence-corrected chi connectivity index (χ0v) is 18.3. The summed E-state index contributed by atoms with van der Waals surface area (Å²) in [6, 6.07) is 9.20. The van der Waals surface area contributed by atoms with Gasteiger partial charge in [0, 0.05) is 30.4 Å². The van der Waals surface area contributed by atoms with Crippen LogP contribution >= 0.6 is 0 Å². The summed E-state index contributed by atoms with van der Waals surface area (Å²) in [6.45, 7) is 9.78. The quantitative estimate of drug-likeness (QED) is 0.335. The molecule has 2 rings (SSSR count). The molecule has 0 aliphatic heterocycles. The highest BCUT2D eigenvalue weighted by molar-refractivity contribution is 6.15. The first-order valence-electron chi connectivity index (χ1n) is 10.7. The number of carboxylic acids is 1. The third-order valence-electron chi connectivity index (χ3n) is 4.99. The molecular weight excluding hydrogens is 394 g/mol. The molecule has 0 atom stereocenters. The second-order valence-electron chi connectivity index (χ2n) is 7.34. The molecule has 2 aromatic carbocycles. The van der Waals surface area contributed by atoms with Crippen LogP contribution in [-0.4, -0.2) is 41.7 Å². The maximum absolute atomic E-state index is 13.0. The molecule has 0 bridgehead atoms. The van der Waals surface area contributed by atoms with E-state index in [-0.39, 0.29) is 29.0 Å². The van der Waals surface area contributed by atoms with Gasteiger partial charge in [-0.15, -0.1) is 0 Å². The molecule has 6 nitrogen and oxygen atoms in total. The van der Waals surface area contributed by atoms with E-state index in [2.05, 4.69) is 25.3 Å². The number of hydrogen-bond acceptors (Lipinski definition) is 5. The third-order valence-corrected chi connectivity index (χ3v) is 4.99. The number of aromatic carboxylic acids is 1. The minimum absolute atomic E-state index is 0.00433. The fourth-order valence-electron chi connectivity index (χ4n) is 3.27. The van der Waals surface area contributed by atoms with Crippen LogP contribution in [0.1, 0.15) is 65.8 Å². The Morgan fingerprint density at radius 3 is 2.19 bits per heavy atom. The van der Waals surface area contributed by atoms with Crippen molar-refractivity contribution in [3.8, 4) is 11.5 Å². The number of ketones is 1. The summed E-state index contributed by atoms with van der Waals surface area (Å²) >= 11 is 0. The van der Waals surface area contributed by atoms with Crippen LogP contribution < -0.4 is 9.64 Å². The third kappa shape index (κ3) is 6.35. The van der Waals surface area contributed by atoms with E-state index in [0.717, 1.165) is 44.5 Å². The highest BCUT2D eigenvalue weighted by atomic mass is 16.5. The average molecular weight is 426 g/mol. The number of unbranched alkanes of at least 4 members (excludes halogenated alkanes) is 2. The van der Waals surface area contributed by atoms with Crippen molar-refractivity contribution in [1.82, 2.24) is 0 Å². The molecule has 0 unspecified atom stereocenters. The molecule has 31 heavy (non-hydrogen) atoms. The number of benzene rings is 2. The molecule has 0 spiro atoms. The van der Waals surface area contributed by atoms with E-state index in [1.807, 2.05) is 0 Å². The Bertz CT molecular complexity index is 914. The number of phenols is 1. The Morgan fingerprint density at radius 2 is 1.65 bits per heavy atom. The number of carbonyl (C=O) groups is 2. The van der Waals surface area contributed by atoms with Crippen LogP contribution in [-0.2, 0) is 0 Å². The Kier molecular flexibility index (Phi) is 9.13. The number of anilines is 1. The van der Waals surface area contributed by atoms with Gasteiger partial charge in [-0.05, 0) is 43.2 Å². The highest BCUT2D eigenvalue weighted by Gasteiger charge is 2.22. The molecule has 0 amide bonds. The molecule has 2 aromatic rings. The lowest BCUT2D eigenvalue weighted by Crippen LogP contribution is -2.25. The molecular formula is C25H31NO5. The minimum atomic E-state index is -1.24. The molecule has 0 aliphatic rings. The molecule has 0 aliphatic carbocycles. The van der Waals surface area contributed by atoms with Crippen molar-refractivity contribution in [2.45, 2.75) is 39.5 Å². The minimum Gasteiger partial charge on any atom is -0.507 e. The van der Waals surface area contributed by atoms with Crippen molar-refractivity contribution in [2.75, 3.05) is 24.6 Å². The van der Waals surface area contributed by atoms with E-state index in [0.29, 0.717) is 5.75 Å². The van der Waals surface area contributed by atoms with Gasteiger partial charge >= 0.3 is 5.97 Å². The highest BCUT2D eigenvalue weighted by Crippen LogP contribution is 2.29. The molecule has 0 saturated heterocycles. The van der Waals surface area contributed by atoms with Gasteiger partial charge in [0.05, 0.1) is 11.1 Å². The Morgan fingerprint density at radius 1 is 1.00 bits per heavy atom. The van der Waals surface area contributed by atoms with Crippen molar-refractivity contribution in [1.29, 1.82) is 0 Å². The van der Waals surface area contributed by atoms with Gasteiger partial charge in [-0.2, -0.15) is 0 Å². The van der Waals surface area contributed by atoms with E-state index in [1.54, 1.807) is 24.3 Å². The summed E-state index contributed by atoms with van der Waals surface area (Å²) in [4.78, 5) is 27.0. The fraction of sp³-hybridized carbons (Fsp3) is 0.360. The first-order chi connectivity index (χ1) is 14.9. The SMILES string of the molecule is C=CCOc1ccc(C(=O)c2ccc(N(CCCC)CCCC)cc2O)c(C(=O)O)c1. The number of hydrogen-bond donors (Lipinski definition) is 2. The summed E-state index contributed by atoms with van der Waals surface area (Å²) in [5.41, 5.74) is 0.734. The van der Waals surface area contributed by atoms with Gasteiger partial charge in [0.1, 0.15) is 18.1 Å². The number of carbonyl (C=O) groups excluding carboxylic acids is 1. The predicted octanol–water partition coefficient (Wildman–Crippen LogP) is 5.29. The molecule has 6 heteroatoms. The number of rotatable bonds is 13. The summed E-state index contributed by atoms with van der Waals surface area (Å²) in [6.07, 6.45) is 5.75. The van der Waals surface area contributed by atoms with Gasteiger partial charge in [-0.3, -0.25) is 4.79 Å². The van der Waals surface area contributed by atoms with Crippen LogP contribution in [0, 0.1) is 0 Å². The maximum Gasteiger partial charge on any atom is 0.336 e. The number of aromatic hydroxyl groups is 1. The van der Waals surface area contributed by atoms with Crippen molar-refractivity contribution in [2.24, 2.45) is 0 Å². The lowest BCUT2D eigenvalue weighted by molar-refractivity contribution is 0.0692. The van der Waals surface area contributed by atoms with Gasteiger partial charge in [0.2, 0.25) is 0 Å². The second kappa shape index (κ2) is 11.8. The van der Waals surface area contributed by atoms with Gasteiger partial charge in [-0.1, -0.05) is 39.3 Å². The number of ether oxygens (including phenoxy) is 1. The van der Waals surface area contributed by atoms with E-state index in [4.69, 9.17) is 4.74 Å². The zero-order valence-electron chi connectivity index (χ0n) is 18.3. The van der Waals surface area contributed by atoms with Crippen LogP contribution in [0.5, 0.6) is 11.5 Å². The molecule has 0 fully saturated rings. The Labute approximate surface area is 183 Å². The van der Waals surface area contributed by atoms with Crippen molar-refractivity contribution < 1.29 is 24.5 Å². The van der Waals surface area contributed by atoms with E-state index < -0.39 is 11.8 Å². The standard InChI is InChI=1S/C25H31NO5/c1-4-7-13-26(14-8-5-2)18-9-11-21(23(27)16-18)24(28)20-12-10-19(31-15-6-3)17-22(20)25(29)30/h6,9-12,16-17,27H,3-5,7-8,13-15H2,1-2H3,(H,29,30). The predicted molar refractivity (Wildman–Crippen MR) is 123 cm³/mol. The molecule has 0 aromatic heterocycles. The first kappa shape index (κ1) is 24.0. The Hall–Kier alpha value is -3.28. The molecule has 166 valence electrons. The van der Waals surface area contributed by atoms with Crippen molar-refractivity contribution in [3.05, 3.63) is 65.7 Å². The molecule has 2 N–H and O–H groups in total. The number of nitrogens with zero attached hydrogens (tertiary/aromatic N) is 1. The van der Waals surface area contributed by atoms with Crippen molar-refractivity contribution >= 4 is 17.4 Å². The van der Waals surface area contributed by atoms with E-state index in [9.17, 15) is 19.8 Å². The average Bonchev–Trinajstić information content (AvgIpc) is 2.77. The zero-order chi connectivity index (χ0) is 22.8. The summed E-state index contributed by atoms with van der Waals surface area (Å²) < 4.78 is 5.37. The van der Waals surface area contributed by atoms with Crippen LogP contribution in [0.4, 0.5) is 5.69 Å². The smallest absolute Gasteiger partial charge is 0.336 e. The maximum atomic E-state index is 13.0. The fourth-order valence-corrected chi connectivity index (χ4v) is 3.27.